The molecular formula is C41H75NO7. The highest BCUT2D eigenvalue weighted by molar-refractivity contribution is 5.70. The number of nitrogens with zero attached hydrogens (tertiary/aromatic N) is 1. The smallest absolute Gasteiger partial charge is 0.306 e. The second-order valence-corrected chi connectivity index (χ2v) is 14.5. The number of allylic oxidation sites excluding steroid dienone is 4. The van der Waals surface area contributed by atoms with Gasteiger partial charge in [-0.05, 0) is 38.5 Å². The molecule has 0 fully saturated rings. The van der Waals surface area contributed by atoms with Gasteiger partial charge >= 0.3 is 11.9 Å². The molecule has 0 bridgehead atoms. The Bertz CT molecular complexity index is 864. The van der Waals surface area contributed by atoms with E-state index in [1.54, 1.807) is 21.1 Å². The number of likely N-dealkylation sites (N-methyl/N-ethyl adjacent to an activating group) is 1. The second-order valence-electron chi connectivity index (χ2n) is 14.5. The average Bonchev–Trinajstić information content (AvgIpc) is 3.05. The first-order valence-electron chi connectivity index (χ1n) is 19.9. The number of carbonyl (C=O) groups excluding carboxylic acids is 3. The van der Waals surface area contributed by atoms with Gasteiger partial charge in [-0.25, -0.2) is 0 Å². The van der Waals surface area contributed by atoms with Crippen molar-refractivity contribution in [3.8, 4) is 0 Å². The maximum Gasteiger partial charge on any atom is 0.306 e. The monoisotopic (exact) mass is 694 g/mol. The van der Waals surface area contributed by atoms with Crippen LogP contribution in [0.2, 0.25) is 0 Å². The van der Waals surface area contributed by atoms with Gasteiger partial charge in [0.15, 0.2) is 6.10 Å². The molecule has 0 heterocycles. The molecule has 8 nitrogen and oxygen atoms in total. The van der Waals surface area contributed by atoms with Crippen molar-refractivity contribution >= 4 is 17.9 Å². The van der Waals surface area contributed by atoms with Crippen LogP contribution in [0.4, 0.5) is 0 Å². The van der Waals surface area contributed by atoms with Crippen molar-refractivity contribution in [1.82, 2.24) is 0 Å². The number of aliphatic carboxylic acids is 1. The van der Waals surface area contributed by atoms with E-state index in [-0.39, 0.29) is 42.7 Å². The summed E-state index contributed by atoms with van der Waals surface area (Å²) in [5.74, 6) is -1.74. The minimum absolute atomic E-state index is 0.0416. The third-order valence-corrected chi connectivity index (χ3v) is 8.85. The Kier molecular flexibility index (Phi) is 31.5. The first kappa shape index (κ1) is 46.8. The van der Waals surface area contributed by atoms with Crippen LogP contribution in [0, 0.1) is 0 Å². The van der Waals surface area contributed by atoms with E-state index >= 15 is 0 Å². The lowest BCUT2D eigenvalue weighted by Crippen LogP contribution is -2.55. The van der Waals surface area contributed by atoms with Gasteiger partial charge in [-0.1, -0.05) is 134 Å². The van der Waals surface area contributed by atoms with Crippen molar-refractivity contribution < 1.29 is 38.2 Å². The van der Waals surface area contributed by atoms with Crippen molar-refractivity contribution in [2.45, 2.75) is 180 Å². The van der Waals surface area contributed by atoms with E-state index in [1.165, 1.54) is 77.0 Å². The third kappa shape index (κ3) is 31.5. The fraction of sp³-hybridized carbons (Fsp3) is 0.829. The number of ether oxygens (including phenoxy) is 3. The lowest BCUT2D eigenvalue weighted by molar-refractivity contribution is -0.889. The molecular weight excluding hydrogens is 618 g/mol. The maximum absolute atomic E-state index is 12.6. The number of carboxylic acid groups (broad SMARTS) is 1. The Morgan fingerprint density at radius 1 is 0.633 bits per heavy atom. The summed E-state index contributed by atoms with van der Waals surface area (Å²) in [6.45, 7) is 4.54. The SMILES string of the molecule is CC/C=C/C/C=C/CCCCCCCCCC(=O)OCC(COCCC(C(=O)[O-])[N+](C)(C)C)OC(=O)CCCCCCCCCCCCC. The van der Waals surface area contributed by atoms with Crippen molar-refractivity contribution in [1.29, 1.82) is 0 Å². The van der Waals surface area contributed by atoms with Crippen LogP contribution in [0.25, 0.3) is 0 Å². The molecule has 0 saturated carbocycles. The number of unbranched alkanes of at least 4 members (excludes halogenated alkanes) is 17. The highest BCUT2D eigenvalue weighted by Gasteiger charge is 2.25. The zero-order chi connectivity index (χ0) is 36.4. The van der Waals surface area contributed by atoms with E-state index in [9.17, 15) is 19.5 Å². The van der Waals surface area contributed by atoms with Crippen molar-refractivity contribution in [3.63, 3.8) is 0 Å². The van der Waals surface area contributed by atoms with Crippen LogP contribution < -0.4 is 5.11 Å². The van der Waals surface area contributed by atoms with E-state index in [0.29, 0.717) is 12.8 Å². The Labute approximate surface area is 301 Å². The van der Waals surface area contributed by atoms with Gasteiger partial charge in [0.1, 0.15) is 12.6 Å². The average molecular weight is 694 g/mol. The van der Waals surface area contributed by atoms with E-state index in [4.69, 9.17) is 14.2 Å². The molecule has 49 heavy (non-hydrogen) atoms. The lowest BCUT2D eigenvalue weighted by atomic mass is 10.1. The molecule has 0 rings (SSSR count). The normalized spacial score (nSPS) is 13.2. The summed E-state index contributed by atoms with van der Waals surface area (Å²) in [6, 6.07) is -0.722. The molecule has 0 N–H and O–H groups in total. The highest BCUT2D eigenvalue weighted by atomic mass is 16.6. The first-order valence-corrected chi connectivity index (χ1v) is 19.9. The Balaban J connectivity index is 4.39. The quantitative estimate of drug-likeness (QED) is 0.0283. The molecule has 286 valence electrons. The third-order valence-electron chi connectivity index (χ3n) is 8.85. The molecule has 0 aliphatic carbocycles. The van der Waals surface area contributed by atoms with E-state index < -0.39 is 18.1 Å². The van der Waals surface area contributed by atoms with Crippen LogP contribution in [0.1, 0.15) is 168 Å². The predicted molar refractivity (Wildman–Crippen MR) is 199 cm³/mol. The van der Waals surface area contributed by atoms with Gasteiger partial charge in [-0.2, -0.15) is 0 Å². The standard InChI is InChI=1S/C41H75NO7/c1-6-8-10-12-14-16-18-19-20-22-23-25-27-29-31-39(43)48-36-37(35-47-34-33-38(41(45)46)42(3,4)5)49-40(44)32-30-28-26-24-21-17-15-13-11-9-7-2/h8,10,14,16,37-38H,6-7,9,11-13,15,17-36H2,1-5H3/b10-8+,16-14+. The van der Waals surface area contributed by atoms with Crippen LogP contribution in [0.15, 0.2) is 24.3 Å². The number of carboxylic acids is 1. The van der Waals surface area contributed by atoms with Gasteiger partial charge in [-0.3, -0.25) is 9.59 Å². The fourth-order valence-corrected chi connectivity index (χ4v) is 5.75. The Morgan fingerprint density at radius 2 is 1.14 bits per heavy atom. The second kappa shape index (κ2) is 33.0. The van der Waals surface area contributed by atoms with Crippen LogP contribution in [0.5, 0.6) is 0 Å². The van der Waals surface area contributed by atoms with Gasteiger partial charge in [0.25, 0.3) is 0 Å². The summed E-state index contributed by atoms with van der Waals surface area (Å²) in [5.41, 5.74) is 0. The largest absolute Gasteiger partial charge is 0.544 e. The number of hydrogen-bond acceptors (Lipinski definition) is 7. The molecule has 0 aliphatic rings. The van der Waals surface area contributed by atoms with Gasteiger partial charge in [0.2, 0.25) is 0 Å². The molecule has 0 aromatic rings. The van der Waals surface area contributed by atoms with E-state index in [1.807, 2.05) is 0 Å². The first-order chi connectivity index (χ1) is 23.6. The lowest BCUT2D eigenvalue weighted by Gasteiger charge is -2.34. The van der Waals surface area contributed by atoms with Crippen LogP contribution in [0.3, 0.4) is 0 Å². The highest BCUT2D eigenvalue weighted by Crippen LogP contribution is 2.14. The summed E-state index contributed by atoms with van der Waals surface area (Å²) in [7, 11) is 5.40. The number of quaternary nitrogens is 1. The molecule has 0 spiro atoms. The predicted octanol–water partition coefficient (Wildman–Crippen LogP) is 8.80. The topological polar surface area (TPSA) is 102 Å². The van der Waals surface area contributed by atoms with Crippen LogP contribution >= 0.6 is 0 Å². The van der Waals surface area contributed by atoms with Crippen LogP contribution in [-0.2, 0) is 28.6 Å². The minimum atomic E-state index is -1.13. The summed E-state index contributed by atoms with van der Waals surface area (Å²) in [5, 5.41) is 11.6. The zero-order valence-electron chi connectivity index (χ0n) is 32.4. The molecule has 2 unspecified atom stereocenters. The van der Waals surface area contributed by atoms with Gasteiger partial charge in [-0.15, -0.1) is 0 Å². The number of esters is 2. The molecule has 0 amide bonds. The Hall–Kier alpha value is -2.19. The molecule has 0 saturated heterocycles. The Morgan fingerprint density at radius 3 is 1.67 bits per heavy atom. The number of hydrogen-bond donors (Lipinski definition) is 0. The summed E-state index contributed by atoms with van der Waals surface area (Å²) in [4.78, 5) is 36.7. The van der Waals surface area contributed by atoms with Gasteiger partial charge in [0.05, 0.1) is 40.3 Å². The van der Waals surface area contributed by atoms with Gasteiger partial charge in [0, 0.05) is 19.3 Å². The van der Waals surface area contributed by atoms with Crippen molar-refractivity contribution in [2.75, 3.05) is 41.0 Å². The van der Waals surface area contributed by atoms with Gasteiger partial charge < -0.3 is 28.6 Å². The van der Waals surface area contributed by atoms with Crippen LogP contribution in [-0.4, -0.2) is 75.5 Å². The minimum Gasteiger partial charge on any atom is -0.544 e. The molecule has 8 heteroatoms. The number of carbonyl (C=O) groups is 3. The van der Waals surface area contributed by atoms with E-state index in [2.05, 4.69) is 38.2 Å². The van der Waals surface area contributed by atoms with Crippen molar-refractivity contribution in [2.24, 2.45) is 0 Å². The zero-order valence-corrected chi connectivity index (χ0v) is 32.4. The summed E-state index contributed by atoms with van der Waals surface area (Å²) >= 11 is 0. The molecule has 0 aromatic heterocycles. The summed E-state index contributed by atoms with van der Waals surface area (Å²) < 4.78 is 17.1. The molecule has 2 atom stereocenters. The number of rotatable bonds is 35. The van der Waals surface area contributed by atoms with E-state index in [0.717, 1.165) is 57.8 Å². The fourth-order valence-electron chi connectivity index (χ4n) is 5.75. The maximum atomic E-state index is 12.6. The molecule has 0 radical (unpaired) electrons. The molecule has 0 aliphatic heterocycles. The van der Waals surface area contributed by atoms with Crippen molar-refractivity contribution in [3.05, 3.63) is 24.3 Å². The molecule has 0 aromatic carbocycles. The summed E-state index contributed by atoms with van der Waals surface area (Å²) in [6.07, 6.45) is 33.4.